The summed E-state index contributed by atoms with van der Waals surface area (Å²) in [5.74, 6) is 0.364. The van der Waals surface area contributed by atoms with E-state index in [0.717, 1.165) is 5.56 Å². The summed E-state index contributed by atoms with van der Waals surface area (Å²) < 4.78 is 19.0. The predicted octanol–water partition coefficient (Wildman–Crippen LogP) is 3.00. The predicted molar refractivity (Wildman–Crippen MR) is 69.5 cm³/mol. The van der Waals surface area contributed by atoms with E-state index in [2.05, 4.69) is 21.2 Å². The first-order chi connectivity index (χ1) is 8.70. The molecule has 5 heteroatoms. The zero-order valence-corrected chi connectivity index (χ0v) is 11.2. The second-order valence-corrected chi connectivity index (χ2v) is 4.73. The number of hydrogen-bond donors (Lipinski definition) is 2. The minimum atomic E-state index is -0.298. The molecule has 3 nitrogen and oxygen atoms in total. The molecule has 0 spiro atoms. The molecule has 96 valence electrons. The van der Waals surface area contributed by atoms with Gasteiger partial charge >= 0.3 is 0 Å². The van der Waals surface area contributed by atoms with Crippen molar-refractivity contribution in [3.05, 3.63) is 58.2 Å². The van der Waals surface area contributed by atoms with Crippen molar-refractivity contribution < 1.29 is 13.9 Å². The quantitative estimate of drug-likeness (QED) is 0.892. The van der Waals surface area contributed by atoms with Crippen LogP contribution in [-0.2, 0) is 6.54 Å². The van der Waals surface area contributed by atoms with Crippen molar-refractivity contribution >= 4 is 15.9 Å². The van der Waals surface area contributed by atoms with Crippen molar-refractivity contribution in [1.82, 2.24) is 5.32 Å². The molecule has 0 amide bonds. The van der Waals surface area contributed by atoms with Gasteiger partial charge in [-0.05, 0) is 45.8 Å². The summed E-state index contributed by atoms with van der Waals surface area (Å²) in [5.41, 5.74) is 0.806. The average Bonchev–Trinajstić information content (AvgIpc) is 2.88. The van der Waals surface area contributed by atoms with E-state index in [1.165, 1.54) is 6.07 Å². The maximum absolute atomic E-state index is 13.3. The summed E-state index contributed by atoms with van der Waals surface area (Å²) in [6.07, 6.45) is 1.55. The average molecular weight is 314 g/mol. The summed E-state index contributed by atoms with van der Waals surface area (Å²) in [7, 11) is 0. The maximum Gasteiger partial charge on any atom is 0.137 e. The molecule has 1 heterocycles. The van der Waals surface area contributed by atoms with E-state index in [0.29, 0.717) is 16.8 Å². The minimum Gasteiger partial charge on any atom is -0.468 e. The van der Waals surface area contributed by atoms with E-state index in [9.17, 15) is 9.50 Å². The molecular weight excluding hydrogens is 301 g/mol. The van der Waals surface area contributed by atoms with Crippen LogP contribution in [0.15, 0.2) is 45.5 Å². The lowest BCUT2D eigenvalue weighted by atomic mass is 10.2. The highest BCUT2D eigenvalue weighted by atomic mass is 79.9. The fourth-order valence-corrected chi connectivity index (χ4v) is 1.88. The zero-order chi connectivity index (χ0) is 13.0. The molecule has 1 unspecified atom stereocenters. The molecule has 0 saturated heterocycles. The van der Waals surface area contributed by atoms with Gasteiger partial charge in [-0.25, -0.2) is 4.39 Å². The summed E-state index contributed by atoms with van der Waals surface area (Å²) in [5, 5.41) is 12.4. The van der Waals surface area contributed by atoms with Crippen molar-refractivity contribution in [3.8, 4) is 0 Å². The number of hydrogen-bond acceptors (Lipinski definition) is 3. The lowest BCUT2D eigenvalue weighted by Crippen LogP contribution is -2.23. The maximum atomic E-state index is 13.3. The standard InChI is InChI=1S/C13H13BrFNO2/c14-10-4-3-9(6-11(10)15)7-16-12(8-17)13-2-1-5-18-13/h1-6,12,16-17H,7-8H2. The number of aliphatic hydroxyl groups is 1. The Hall–Kier alpha value is -1.17. The molecule has 0 aliphatic carbocycles. The number of nitrogens with one attached hydrogen (secondary N) is 1. The van der Waals surface area contributed by atoms with Crippen molar-refractivity contribution in [3.63, 3.8) is 0 Å². The number of rotatable bonds is 5. The van der Waals surface area contributed by atoms with Gasteiger partial charge in [0.15, 0.2) is 0 Å². The van der Waals surface area contributed by atoms with Gasteiger partial charge in [-0.1, -0.05) is 6.07 Å². The number of aliphatic hydroxyl groups excluding tert-OH is 1. The van der Waals surface area contributed by atoms with Gasteiger partial charge in [0.05, 0.1) is 23.4 Å². The van der Waals surface area contributed by atoms with Crippen LogP contribution in [0.3, 0.4) is 0 Å². The van der Waals surface area contributed by atoms with Gasteiger partial charge in [0.1, 0.15) is 11.6 Å². The fourth-order valence-electron chi connectivity index (χ4n) is 1.64. The Balaban J connectivity index is 1.99. The minimum absolute atomic E-state index is 0.0769. The van der Waals surface area contributed by atoms with E-state index >= 15 is 0 Å². The summed E-state index contributed by atoms with van der Waals surface area (Å²) >= 11 is 3.10. The molecule has 1 aromatic heterocycles. The lowest BCUT2D eigenvalue weighted by molar-refractivity contribution is 0.225. The molecule has 2 aromatic rings. The zero-order valence-electron chi connectivity index (χ0n) is 9.57. The third-order valence-corrected chi connectivity index (χ3v) is 3.25. The van der Waals surface area contributed by atoms with Crippen LogP contribution in [0, 0.1) is 5.82 Å². The van der Waals surface area contributed by atoms with Gasteiger partial charge in [0.25, 0.3) is 0 Å². The topological polar surface area (TPSA) is 45.4 Å². The molecule has 0 radical (unpaired) electrons. The number of furan rings is 1. The number of halogens is 2. The Morgan fingerprint density at radius 1 is 1.39 bits per heavy atom. The second kappa shape index (κ2) is 6.13. The van der Waals surface area contributed by atoms with Gasteiger partial charge in [0, 0.05) is 6.54 Å². The van der Waals surface area contributed by atoms with Crippen molar-refractivity contribution in [2.45, 2.75) is 12.6 Å². The van der Waals surface area contributed by atoms with Crippen LogP contribution in [0.2, 0.25) is 0 Å². The van der Waals surface area contributed by atoms with Gasteiger partial charge in [0.2, 0.25) is 0 Å². The summed E-state index contributed by atoms with van der Waals surface area (Å²) in [6.45, 7) is 0.378. The van der Waals surface area contributed by atoms with E-state index in [1.54, 1.807) is 24.5 Å². The van der Waals surface area contributed by atoms with E-state index < -0.39 is 0 Å². The molecule has 1 atom stereocenters. The normalized spacial score (nSPS) is 12.6. The highest BCUT2D eigenvalue weighted by Gasteiger charge is 2.12. The molecule has 0 fully saturated rings. The van der Waals surface area contributed by atoms with Gasteiger partial charge in [-0.3, -0.25) is 0 Å². The molecule has 0 saturated carbocycles. The Morgan fingerprint density at radius 2 is 2.22 bits per heavy atom. The van der Waals surface area contributed by atoms with Crippen LogP contribution >= 0.6 is 15.9 Å². The summed E-state index contributed by atoms with van der Waals surface area (Å²) in [6, 6.07) is 8.19. The Morgan fingerprint density at radius 3 is 2.83 bits per heavy atom. The van der Waals surface area contributed by atoms with Crippen LogP contribution in [0.4, 0.5) is 4.39 Å². The van der Waals surface area contributed by atoms with Crippen LogP contribution in [0.5, 0.6) is 0 Å². The molecular formula is C13H13BrFNO2. The molecule has 0 aliphatic heterocycles. The second-order valence-electron chi connectivity index (χ2n) is 3.88. The Bertz CT molecular complexity index is 502. The molecule has 2 N–H and O–H groups in total. The van der Waals surface area contributed by atoms with Crippen LogP contribution in [0.1, 0.15) is 17.4 Å². The molecule has 0 bridgehead atoms. The largest absolute Gasteiger partial charge is 0.468 e. The highest BCUT2D eigenvalue weighted by Crippen LogP contribution is 2.18. The van der Waals surface area contributed by atoms with Crippen LogP contribution in [-0.4, -0.2) is 11.7 Å². The Labute approximate surface area is 113 Å². The third-order valence-electron chi connectivity index (χ3n) is 2.61. The monoisotopic (exact) mass is 313 g/mol. The Kier molecular flexibility index (Phi) is 4.52. The van der Waals surface area contributed by atoms with Crippen molar-refractivity contribution in [2.75, 3.05) is 6.61 Å². The van der Waals surface area contributed by atoms with Gasteiger partial charge < -0.3 is 14.8 Å². The molecule has 1 aromatic carbocycles. The highest BCUT2D eigenvalue weighted by molar-refractivity contribution is 9.10. The SMILES string of the molecule is OCC(NCc1ccc(Br)c(F)c1)c1ccco1. The van der Waals surface area contributed by atoms with E-state index in [-0.39, 0.29) is 18.5 Å². The van der Waals surface area contributed by atoms with Crippen LogP contribution < -0.4 is 5.32 Å². The lowest BCUT2D eigenvalue weighted by Gasteiger charge is -2.14. The smallest absolute Gasteiger partial charge is 0.137 e. The number of benzene rings is 1. The summed E-state index contributed by atoms with van der Waals surface area (Å²) in [4.78, 5) is 0. The van der Waals surface area contributed by atoms with Gasteiger partial charge in [-0.2, -0.15) is 0 Å². The fraction of sp³-hybridized carbons (Fsp3) is 0.231. The van der Waals surface area contributed by atoms with Gasteiger partial charge in [-0.15, -0.1) is 0 Å². The first-order valence-corrected chi connectivity index (χ1v) is 6.31. The van der Waals surface area contributed by atoms with Crippen LogP contribution in [0.25, 0.3) is 0 Å². The van der Waals surface area contributed by atoms with Crippen molar-refractivity contribution in [1.29, 1.82) is 0 Å². The third kappa shape index (κ3) is 3.19. The molecule has 2 rings (SSSR count). The first kappa shape index (κ1) is 13.3. The van der Waals surface area contributed by atoms with E-state index in [4.69, 9.17) is 4.42 Å². The van der Waals surface area contributed by atoms with E-state index in [1.807, 2.05) is 6.07 Å². The molecule has 18 heavy (non-hydrogen) atoms. The first-order valence-electron chi connectivity index (χ1n) is 5.52. The van der Waals surface area contributed by atoms with Crippen molar-refractivity contribution in [2.24, 2.45) is 0 Å². The molecule has 0 aliphatic rings.